The smallest absolute Gasteiger partial charge is 0.243 e. The summed E-state index contributed by atoms with van der Waals surface area (Å²) in [5, 5.41) is 0. The minimum absolute atomic E-state index is 0.0208. The van der Waals surface area contributed by atoms with E-state index in [9.17, 15) is 18.0 Å². The lowest BCUT2D eigenvalue weighted by atomic mass is 10.1. The molecule has 0 radical (unpaired) electrons. The van der Waals surface area contributed by atoms with Gasteiger partial charge in [0.15, 0.2) is 5.78 Å². The number of thiophene rings is 1. The fraction of sp³-hybridized carbons (Fsp3) is 0.429. The third-order valence-corrected chi connectivity index (χ3v) is 8.22. The normalized spacial score (nSPS) is 15.5. The molecule has 2 heterocycles. The van der Waals surface area contributed by atoms with E-state index in [1.807, 2.05) is 32.0 Å². The van der Waals surface area contributed by atoms with Crippen LogP contribution in [0.1, 0.15) is 38.5 Å². The summed E-state index contributed by atoms with van der Waals surface area (Å²) in [5.41, 5.74) is 1.62. The van der Waals surface area contributed by atoms with E-state index >= 15 is 0 Å². The van der Waals surface area contributed by atoms with Crippen LogP contribution in [0.25, 0.3) is 0 Å². The van der Waals surface area contributed by atoms with Crippen LogP contribution in [0, 0.1) is 20.8 Å². The summed E-state index contributed by atoms with van der Waals surface area (Å²) >= 11 is 1.44. The van der Waals surface area contributed by atoms with Gasteiger partial charge in [0.05, 0.1) is 9.77 Å². The van der Waals surface area contributed by atoms with Crippen LogP contribution < -0.4 is 0 Å². The summed E-state index contributed by atoms with van der Waals surface area (Å²) in [7, 11) is -3.58. The van der Waals surface area contributed by atoms with Gasteiger partial charge in [0.1, 0.15) is 0 Å². The van der Waals surface area contributed by atoms with Gasteiger partial charge in [-0.1, -0.05) is 12.1 Å². The molecule has 0 saturated carbocycles. The van der Waals surface area contributed by atoms with Gasteiger partial charge in [0.25, 0.3) is 0 Å². The first-order chi connectivity index (χ1) is 13.7. The van der Waals surface area contributed by atoms with Crippen molar-refractivity contribution in [3.63, 3.8) is 0 Å². The van der Waals surface area contributed by atoms with Gasteiger partial charge in [-0.05, 0) is 50.1 Å². The molecule has 3 rings (SSSR count). The molecule has 0 spiro atoms. The van der Waals surface area contributed by atoms with Gasteiger partial charge in [0, 0.05) is 43.9 Å². The second-order valence-corrected chi connectivity index (χ2v) is 10.6. The van der Waals surface area contributed by atoms with Crippen molar-refractivity contribution in [1.82, 2.24) is 9.21 Å². The van der Waals surface area contributed by atoms with Crippen molar-refractivity contribution in [3.05, 3.63) is 51.2 Å². The number of carbonyl (C=O) groups excluding carboxylic acids is 2. The highest BCUT2D eigenvalue weighted by molar-refractivity contribution is 7.89. The zero-order chi connectivity index (χ0) is 21.2. The zero-order valence-electron chi connectivity index (χ0n) is 17.0. The summed E-state index contributed by atoms with van der Waals surface area (Å²) in [6, 6.07) is 9.09. The molecule has 0 N–H and O–H groups in total. The summed E-state index contributed by atoms with van der Waals surface area (Å²) in [6.45, 7) is 6.81. The van der Waals surface area contributed by atoms with Gasteiger partial charge < -0.3 is 4.90 Å². The number of aryl methyl sites for hydroxylation is 3. The fourth-order valence-electron chi connectivity index (χ4n) is 3.39. The van der Waals surface area contributed by atoms with Crippen LogP contribution in [0.5, 0.6) is 0 Å². The van der Waals surface area contributed by atoms with E-state index in [2.05, 4.69) is 0 Å². The maximum atomic E-state index is 13.0. The van der Waals surface area contributed by atoms with Gasteiger partial charge in [-0.15, -0.1) is 11.3 Å². The predicted octanol–water partition coefficient (Wildman–Crippen LogP) is 3.17. The van der Waals surface area contributed by atoms with Crippen molar-refractivity contribution in [3.8, 4) is 0 Å². The van der Waals surface area contributed by atoms with E-state index < -0.39 is 10.0 Å². The first kappa shape index (κ1) is 21.7. The molecular formula is C21H26N2O4S2. The van der Waals surface area contributed by atoms with Gasteiger partial charge >= 0.3 is 0 Å². The molecule has 1 fully saturated rings. The van der Waals surface area contributed by atoms with Gasteiger partial charge in [-0.2, -0.15) is 4.31 Å². The number of amides is 1. The summed E-state index contributed by atoms with van der Waals surface area (Å²) in [5.74, 6) is -0.122. The number of carbonyl (C=O) groups is 2. The molecule has 1 aromatic heterocycles. The van der Waals surface area contributed by atoms with Crippen LogP contribution in [0.3, 0.4) is 0 Å². The fourth-order valence-corrected chi connectivity index (χ4v) is 5.96. The minimum Gasteiger partial charge on any atom is -0.340 e. The second kappa shape index (κ2) is 8.77. The van der Waals surface area contributed by atoms with Gasteiger partial charge in [0.2, 0.25) is 15.9 Å². The average molecular weight is 435 g/mol. The molecule has 1 amide bonds. The van der Waals surface area contributed by atoms with E-state index in [0.717, 1.165) is 16.0 Å². The Bertz CT molecular complexity index is 1020. The maximum Gasteiger partial charge on any atom is 0.243 e. The van der Waals surface area contributed by atoms with Crippen molar-refractivity contribution in [2.45, 2.75) is 38.5 Å². The van der Waals surface area contributed by atoms with Crippen LogP contribution in [-0.2, 0) is 14.8 Å². The topological polar surface area (TPSA) is 74.8 Å². The molecular weight excluding hydrogens is 408 g/mol. The monoisotopic (exact) mass is 434 g/mol. The molecule has 1 aliphatic rings. The molecule has 0 atom stereocenters. The summed E-state index contributed by atoms with van der Waals surface area (Å²) in [6.07, 6.45) is 0.333. The summed E-state index contributed by atoms with van der Waals surface area (Å²) < 4.78 is 27.4. The molecule has 2 aromatic rings. The standard InChI is InChI=1S/C21H26N2O4S2/c1-15-4-5-16(2)20(14-15)29(26,27)23-12-10-22(11-13-23)21(25)9-7-18(24)19-8-6-17(3)28-19/h4-6,8,14H,7,9-13H2,1-3H3. The number of benzene rings is 1. The highest BCUT2D eigenvalue weighted by atomic mass is 32.2. The lowest BCUT2D eigenvalue weighted by molar-refractivity contribution is -0.132. The van der Waals surface area contributed by atoms with Gasteiger partial charge in [-0.25, -0.2) is 8.42 Å². The third-order valence-electron chi connectivity index (χ3n) is 5.13. The Hall–Kier alpha value is -2.03. The van der Waals surface area contributed by atoms with E-state index in [-0.39, 0.29) is 37.6 Å². The first-order valence-corrected chi connectivity index (χ1v) is 11.9. The number of hydrogen-bond donors (Lipinski definition) is 0. The van der Waals surface area contributed by atoms with Crippen molar-refractivity contribution < 1.29 is 18.0 Å². The minimum atomic E-state index is -3.58. The predicted molar refractivity (Wildman–Crippen MR) is 114 cm³/mol. The Labute approximate surface area is 176 Å². The van der Waals surface area contributed by atoms with Crippen LogP contribution in [0.4, 0.5) is 0 Å². The van der Waals surface area contributed by atoms with E-state index in [4.69, 9.17) is 0 Å². The molecule has 0 aliphatic carbocycles. The zero-order valence-corrected chi connectivity index (χ0v) is 18.6. The number of nitrogens with zero attached hydrogens (tertiary/aromatic N) is 2. The molecule has 6 nitrogen and oxygen atoms in total. The van der Waals surface area contributed by atoms with Crippen LogP contribution in [-0.4, -0.2) is 55.5 Å². The van der Waals surface area contributed by atoms with Crippen molar-refractivity contribution in [1.29, 1.82) is 0 Å². The Balaban J connectivity index is 1.56. The third kappa shape index (κ3) is 4.94. The summed E-state index contributed by atoms with van der Waals surface area (Å²) in [4.78, 5) is 28.4. The first-order valence-electron chi connectivity index (χ1n) is 9.63. The number of sulfonamides is 1. The van der Waals surface area contributed by atoms with Gasteiger partial charge in [-0.3, -0.25) is 9.59 Å². The lowest BCUT2D eigenvalue weighted by Gasteiger charge is -2.34. The molecule has 156 valence electrons. The molecule has 1 aliphatic heterocycles. The lowest BCUT2D eigenvalue weighted by Crippen LogP contribution is -2.50. The number of Topliss-reactive ketones (excluding diaryl/α,β-unsaturated/α-hetero) is 1. The number of rotatable bonds is 6. The maximum absolute atomic E-state index is 13.0. The van der Waals surface area contributed by atoms with E-state index in [1.54, 1.807) is 24.0 Å². The highest BCUT2D eigenvalue weighted by Gasteiger charge is 2.31. The van der Waals surface area contributed by atoms with Crippen molar-refractivity contribution >= 4 is 33.1 Å². The molecule has 8 heteroatoms. The van der Waals surface area contributed by atoms with E-state index in [1.165, 1.54) is 15.6 Å². The van der Waals surface area contributed by atoms with Crippen LogP contribution >= 0.6 is 11.3 Å². The Morgan fingerprint density at radius 2 is 1.66 bits per heavy atom. The molecule has 1 aromatic carbocycles. The second-order valence-electron chi connectivity index (χ2n) is 7.39. The molecule has 1 saturated heterocycles. The van der Waals surface area contributed by atoms with E-state index in [0.29, 0.717) is 22.9 Å². The SMILES string of the molecule is Cc1ccc(C)c(S(=O)(=O)N2CCN(C(=O)CCC(=O)c3ccc(C)s3)CC2)c1. The number of ketones is 1. The Morgan fingerprint density at radius 1 is 0.966 bits per heavy atom. The quantitative estimate of drug-likeness (QED) is 0.655. The van der Waals surface area contributed by atoms with Crippen molar-refractivity contribution in [2.24, 2.45) is 0 Å². The molecule has 0 bridgehead atoms. The van der Waals surface area contributed by atoms with Crippen LogP contribution in [0.2, 0.25) is 0 Å². The Morgan fingerprint density at radius 3 is 2.28 bits per heavy atom. The molecule has 0 unspecified atom stereocenters. The largest absolute Gasteiger partial charge is 0.340 e. The van der Waals surface area contributed by atoms with Crippen LogP contribution in [0.15, 0.2) is 35.2 Å². The highest BCUT2D eigenvalue weighted by Crippen LogP contribution is 2.23. The Kier molecular flexibility index (Phi) is 6.55. The molecule has 29 heavy (non-hydrogen) atoms. The number of piperazine rings is 1. The average Bonchev–Trinajstić information content (AvgIpc) is 3.14. The number of hydrogen-bond acceptors (Lipinski definition) is 5. The van der Waals surface area contributed by atoms with Crippen molar-refractivity contribution in [2.75, 3.05) is 26.2 Å².